The normalized spacial score (nSPS) is 15.2. The number of carbonyl (C=O) groups is 2. The minimum Gasteiger partial charge on any atom is -0.486 e. The molecule has 0 saturated carbocycles. The number of benzene rings is 1. The highest BCUT2D eigenvalue weighted by Crippen LogP contribution is 2.31. The van der Waals surface area contributed by atoms with Crippen LogP contribution in [0.1, 0.15) is 29.1 Å². The van der Waals surface area contributed by atoms with Crippen LogP contribution in [-0.2, 0) is 9.53 Å². The molecule has 1 aliphatic rings. The molecular weight excluding hydrogens is 392 g/mol. The Hall–Kier alpha value is -2.58. The molecule has 1 amide bonds. The summed E-state index contributed by atoms with van der Waals surface area (Å²) >= 11 is 1.23. The third-order valence-electron chi connectivity index (χ3n) is 4.49. The summed E-state index contributed by atoms with van der Waals surface area (Å²) in [5.41, 5.74) is 0.794. The lowest BCUT2D eigenvalue weighted by molar-refractivity contribution is -0.117. The highest BCUT2D eigenvalue weighted by molar-refractivity contribution is 7.18. The summed E-state index contributed by atoms with van der Waals surface area (Å²) in [6.45, 7) is 7.87. The number of carbonyl (C=O) groups excluding carboxylic acids is 2. The molecule has 0 radical (unpaired) electrons. The predicted octanol–water partition coefficient (Wildman–Crippen LogP) is 3.33. The standard InChI is InChI=1S/C21H26N2O5S/c1-4-23(11-15-13-27-16-8-6-7-9-17(16)28-15)12-18(24)22-19-10-14(3)20(29-19)21(25)26-5-2/h6-10,15H,4-5,11-13H2,1-3H3,(H,22,24). The molecule has 0 fully saturated rings. The zero-order valence-electron chi connectivity index (χ0n) is 16.9. The Morgan fingerprint density at radius 2 is 2.03 bits per heavy atom. The van der Waals surface area contributed by atoms with E-state index in [9.17, 15) is 9.59 Å². The summed E-state index contributed by atoms with van der Waals surface area (Å²) in [6, 6.07) is 9.36. The fraction of sp³-hybridized carbons (Fsp3) is 0.429. The summed E-state index contributed by atoms with van der Waals surface area (Å²) in [6.07, 6.45) is -0.142. The first-order valence-electron chi connectivity index (χ1n) is 9.68. The maximum Gasteiger partial charge on any atom is 0.348 e. The van der Waals surface area contributed by atoms with Gasteiger partial charge in [-0.3, -0.25) is 9.69 Å². The highest BCUT2D eigenvalue weighted by atomic mass is 32.1. The third kappa shape index (κ3) is 5.48. The molecule has 3 rings (SSSR count). The van der Waals surface area contributed by atoms with Crippen molar-refractivity contribution >= 4 is 28.2 Å². The summed E-state index contributed by atoms with van der Waals surface area (Å²) in [5.74, 6) is 0.973. The maximum atomic E-state index is 12.5. The van der Waals surface area contributed by atoms with Gasteiger partial charge in [0.1, 0.15) is 17.6 Å². The lowest BCUT2D eigenvalue weighted by Crippen LogP contribution is -2.43. The van der Waals surface area contributed by atoms with Crippen LogP contribution in [0.5, 0.6) is 11.5 Å². The van der Waals surface area contributed by atoms with Gasteiger partial charge in [0, 0.05) is 6.54 Å². The molecule has 1 unspecified atom stereocenters. The number of ether oxygens (including phenoxy) is 3. The van der Waals surface area contributed by atoms with Gasteiger partial charge in [0.15, 0.2) is 11.5 Å². The lowest BCUT2D eigenvalue weighted by Gasteiger charge is -2.30. The quantitative estimate of drug-likeness (QED) is 0.663. The number of fused-ring (bicyclic) bond motifs is 1. The van der Waals surface area contributed by atoms with E-state index in [1.165, 1.54) is 11.3 Å². The van der Waals surface area contributed by atoms with E-state index in [0.29, 0.717) is 36.2 Å². The number of likely N-dealkylation sites (N-methyl/N-ethyl adjacent to an activating group) is 1. The SMILES string of the molecule is CCOC(=O)c1sc(NC(=O)CN(CC)CC2COc3ccccc3O2)cc1C. The van der Waals surface area contributed by atoms with Gasteiger partial charge in [0.05, 0.1) is 18.2 Å². The Morgan fingerprint density at radius 3 is 2.76 bits per heavy atom. The Balaban J connectivity index is 1.54. The molecule has 1 aliphatic heterocycles. The van der Waals surface area contributed by atoms with Crippen LogP contribution in [0.3, 0.4) is 0 Å². The smallest absolute Gasteiger partial charge is 0.348 e. The van der Waals surface area contributed by atoms with Gasteiger partial charge >= 0.3 is 5.97 Å². The summed E-state index contributed by atoms with van der Waals surface area (Å²) in [7, 11) is 0. The zero-order valence-corrected chi connectivity index (χ0v) is 17.7. The van der Waals surface area contributed by atoms with E-state index in [0.717, 1.165) is 17.1 Å². The van der Waals surface area contributed by atoms with Crippen LogP contribution in [0, 0.1) is 6.92 Å². The molecule has 0 saturated heterocycles. The predicted molar refractivity (Wildman–Crippen MR) is 112 cm³/mol. The van der Waals surface area contributed by atoms with Crippen molar-refractivity contribution < 1.29 is 23.8 Å². The van der Waals surface area contributed by atoms with Crippen molar-refractivity contribution in [1.82, 2.24) is 4.90 Å². The minimum absolute atomic E-state index is 0.138. The van der Waals surface area contributed by atoms with Crippen LogP contribution < -0.4 is 14.8 Å². The van der Waals surface area contributed by atoms with Crippen LogP contribution in [0.4, 0.5) is 5.00 Å². The average Bonchev–Trinajstić information content (AvgIpc) is 3.07. The van der Waals surface area contributed by atoms with Gasteiger partial charge in [-0.25, -0.2) is 4.79 Å². The number of esters is 1. The Morgan fingerprint density at radius 1 is 1.28 bits per heavy atom. The number of anilines is 1. The second kappa shape index (κ2) is 9.76. The summed E-state index contributed by atoms with van der Waals surface area (Å²) in [4.78, 5) is 27.0. The number of para-hydroxylation sites is 2. The first-order valence-corrected chi connectivity index (χ1v) is 10.5. The van der Waals surface area contributed by atoms with E-state index in [1.54, 1.807) is 13.0 Å². The molecular formula is C21H26N2O5S. The number of nitrogens with zero attached hydrogens (tertiary/aromatic N) is 1. The van der Waals surface area contributed by atoms with Crippen molar-refractivity contribution in [2.24, 2.45) is 0 Å². The molecule has 1 aromatic heterocycles. The van der Waals surface area contributed by atoms with E-state index in [1.807, 2.05) is 43.0 Å². The van der Waals surface area contributed by atoms with Crippen LogP contribution >= 0.6 is 11.3 Å². The zero-order chi connectivity index (χ0) is 20.8. The van der Waals surface area contributed by atoms with Gasteiger partial charge in [-0.15, -0.1) is 11.3 Å². The number of aryl methyl sites for hydroxylation is 1. The Labute approximate surface area is 174 Å². The first kappa shape index (κ1) is 21.1. The summed E-state index contributed by atoms with van der Waals surface area (Å²) in [5, 5.41) is 3.51. The molecule has 2 aromatic rings. The fourth-order valence-corrected chi connectivity index (χ4v) is 4.05. The van der Waals surface area contributed by atoms with E-state index in [4.69, 9.17) is 14.2 Å². The average molecular weight is 419 g/mol. The molecule has 0 bridgehead atoms. The topological polar surface area (TPSA) is 77.1 Å². The van der Waals surface area contributed by atoms with Crippen LogP contribution in [0.25, 0.3) is 0 Å². The van der Waals surface area contributed by atoms with Crippen LogP contribution in [0.15, 0.2) is 30.3 Å². The highest BCUT2D eigenvalue weighted by Gasteiger charge is 2.24. The van der Waals surface area contributed by atoms with E-state index in [-0.39, 0.29) is 24.5 Å². The molecule has 0 aliphatic carbocycles. The Kier molecular flexibility index (Phi) is 7.11. The number of hydrogen-bond acceptors (Lipinski definition) is 7. The van der Waals surface area contributed by atoms with E-state index < -0.39 is 0 Å². The van der Waals surface area contributed by atoms with Gasteiger partial charge in [0.25, 0.3) is 0 Å². The van der Waals surface area contributed by atoms with Crippen molar-refractivity contribution in [2.45, 2.75) is 26.9 Å². The lowest BCUT2D eigenvalue weighted by atomic mass is 10.2. The summed E-state index contributed by atoms with van der Waals surface area (Å²) < 4.78 is 16.8. The van der Waals surface area contributed by atoms with E-state index >= 15 is 0 Å². The molecule has 7 nitrogen and oxygen atoms in total. The molecule has 1 atom stereocenters. The largest absolute Gasteiger partial charge is 0.486 e. The second-order valence-corrected chi connectivity index (χ2v) is 7.77. The van der Waals surface area contributed by atoms with Crippen LogP contribution in [-0.4, -0.2) is 55.7 Å². The van der Waals surface area contributed by atoms with Gasteiger partial charge in [-0.2, -0.15) is 0 Å². The van der Waals surface area contributed by atoms with Crippen molar-refractivity contribution in [3.05, 3.63) is 40.8 Å². The van der Waals surface area contributed by atoms with Gasteiger partial charge in [-0.05, 0) is 44.2 Å². The number of hydrogen-bond donors (Lipinski definition) is 1. The second-order valence-electron chi connectivity index (χ2n) is 6.72. The van der Waals surface area contributed by atoms with Crippen molar-refractivity contribution in [3.8, 4) is 11.5 Å². The molecule has 8 heteroatoms. The minimum atomic E-state index is -0.361. The van der Waals surface area contributed by atoms with Crippen molar-refractivity contribution in [1.29, 1.82) is 0 Å². The fourth-order valence-electron chi connectivity index (χ4n) is 3.07. The van der Waals surface area contributed by atoms with Gasteiger partial charge in [-0.1, -0.05) is 19.1 Å². The van der Waals surface area contributed by atoms with Crippen molar-refractivity contribution in [2.75, 3.05) is 38.2 Å². The van der Waals surface area contributed by atoms with E-state index in [2.05, 4.69) is 5.32 Å². The number of nitrogens with one attached hydrogen (secondary N) is 1. The van der Waals surface area contributed by atoms with Crippen molar-refractivity contribution in [3.63, 3.8) is 0 Å². The molecule has 2 heterocycles. The monoisotopic (exact) mass is 418 g/mol. The molecule has 0 spiro atoms. The number of rotatable bonds is 8. The molecule has 29 heavy (non-hydrogen) atoms. The number of amides is 1. The van der Waals surface area contributed by atoms with Crippen LogP contribution in [0.2, 0.25) is 0 Å². The molecule has 156 valence electrons. The Bertz CT molecular complexity index is 867. The van der Waals surface area contributed by atoms with Gasteiger partial charge < -0.3 is 19.5 Å². The third-order valence-corrected chi connectivity index (χ3v) is 5.62. The molecule has 1 aromatic carbocycles. The molecule has 1 N–H and O–H groups in total. The first-order chi connectivity index (χ1) is 14.0. The number of thiophene rings is 1. The maximum absolute atomic E-state index is 12.5. The van der Waals surface area contributed by atoms with Gasteiger partial charge in [0.2, 0.25) is 5.91 Å².